The van der Waals surface area contributed by atoms with E-state index in [2.05, 4.69) is 6.92 Å². The number of Topliss-reactive ketones (excluding diaryl/α,β-unsaturated/α-hetero) is 1. The van der Waals surface area contributed by atoms with Gasteiger partial charge < -0.3 is 5.73 Å². The second kappa shape index (κ2) is 6.24. The second-order valence-electron chi connectivity index (χ2n) is 3.74. The average Bonchev–Trinajstić information content (AvgIpc) is 2.28. The molecule has 2 N–H and O–H groups in total. The molecule has 0 saturated heterocycles. The van der Waals surface area contributed by atoms with Crippen LogP contribution >= 0.6 is 23.2 Å². The third-order valence-corrected chi connectivity index (χ3v) is 2.96. The Hall–Kier alpha value is -0.570. The van der Waals surface area contributed by atoms with Crippen LogP contribution in [-0.2, 0) is 0 Å². The molecular weight excluding hydrogens is 245 g/mol. The van der Waals surface area contributed by atoms with Gasteiger partial charge in [0.2, 0.25) is 0 Å². The number of benzene rings is 1. The first kappa shape index (κ1) is 13.5. The van der Waals surface area contributed by atoms with Crippen LogP contribution in [0, 0.1) is 0 Å². The summed E-state index contributed by atoms with van der Waals surface area (Å²) in [5.74, 6) is -0.138. The van der Waals surface area contributed by atoms with Crippen molar-refractivity contribution in [2.75, 3.05) is 0 Å². The lowest BCUT2D eigenvalue weighted by molar-refractivity contribution is 0.0956. The fourth-order valence-electron chi connectivity index (χ4n) is 1.44. The van der Waals surface area contributed by atoms with E-state index < -0.39 is 6.04 Å². The maximum Gasteiger partial charge on any atom is 0.181 e. The van der Waals surface area contributed by atoms with Crippen LogP contribution in [0.2, 0.25) is 10.0 Å². The topological polar surface area (TPSA) is 43.1 Å². The summed E-state index contributed by atoms with van der Waals surface area (Å²) in [6, 6.07) is 4.34. The maximum absolute atomic E-state index is 12.0. The number of carbonyl (C=O) groups excluding carboxylic acids is 1. The van der Waals surface area contributed by atoms with E-state index in [-0.39, 0.29) is 5.78 Å². The van der Waals surface area contributed by atoms with Crippen LogP contribution in [0.15, 0.2) is 18.2 Å². The third kappa shape index (κ3) is 3.48. The minimum atomic E-state index is -0.490. The van der Waals surface area contributed by atoms with E-state index in [0.29, 0.717) is 22.0 Å². The molecule has 16 heavy (non-hydrogen) atoms. The second-order valence-corrected chi connectivity index (χ2v) is 4.58. The van der Waals surface area contributed by atoms with E-state index in [1.54, 1.807) is 18.2 Å². The quantitative estimate of drug-likeness (QED) is 0.820. The molecule has 4 heteroatoms. The fraction of sp³-hybridized carbons (Fsp3) is 0.417. The molecular formula is C12H15Cl2NO. The van der Waals surface area contributed by atoms with Crippen LogP contribution in [-0.4, -0.2) is 11.8 Å². The van der Waals surface area contributed by atoms with Crippen molar-refractivity contribution in [2.24, 2.45) is 5.73 Å². The van der Waals surface area contributed by atoms with Gasteiger partial charge in [-0.25, -0.2) is 0 Å². The number of carbonyl (C=O) groups is 1. The first-order valence-electron chi connectivity index (χ1n) is 5.31. The summed E-state index contributed by atoms with van der Waals surface area (Å²) in [5.41, 5.74) is 6.22. The summed E-state index contributed by atoms with van der Waals surface area (Å²) in [5, 5.41) is 0.900. The predicted molar refractivity (Wildman–Crippen MR) is 68.3 cm³/mol. The van der Waals surface area contributed by atoms with Crippen molar-refractivity contribution in [3.8, 4) is 0 Å². The van der Waals surface area contributed by atoms with Gasteiger partial charge in [0.25, 0.3) is 0 Å². The molecule has 0 amide bonds. The van der Waals surface area contributed by atoms with Gasteiger partial charge in [-0.3, -0.25) is 4.79 Å². The van der Waals surface area contributed by atoms with Crippen molar-refractivity contribution < 1.29 is 4.79 Å². The Morgan fingerprint density at radius 2 is 2.12 bits per heavy atom. The Labute approximate surface area is 106 Å². The van der Waals surface area contributed by atoms with Crippen LogP contribution in [0.1, 0.15) is 36.5 Å². The van der Waals surface area contributed by atoms with E-state index in [0.717, 1.165) is 12.8 Å². The van der Waals surface area contributed by atoms with E-state index in [1.165, 1.54) is 0 Å². The van der Waals surface area contributed by atoms with E-state index in [4.69, 9.17) is 28.9 Å². The summed E-state index contributed by atoms with van der Waals surface area (Å²) in [7, 11) is 0. The molecule has 0 aromatic heterocycles. The highest BCUT2D eigenvalue weighted by Crippen LogP contribution is 2.22. The highest BCUT2D eigenvalue weighted by atomic mass is 35.5. The van der Waals surface area contributed by atoms with Crippen molar-refractivity contribution in [1.82, 2.24) is 0 Å². The normalized spacial score (nSPS) is 12.5. The molecule has 1 unspecified atom stereocenters. The van der Waals surface area contributed by atoms with Crippen LogP contribution in [0.4, 0.5) is 0 Å². The SMILES string of the molecule is CCCCC(N)C(=O)c1cc(Cl)ccc1Cl. The zero-order chi connectivity index (χ0) is 12.1. The summed E-state index contributed by atoms with van der Waals surface area (Å²) >= 11 is 11.8. The number of ketones is 1. The number of nitrogens with two attached hydrogens (primary N) is 1. The zero-order valence-corrected chi connectivity index (χ0v) is 10.7. The molecule has 0 aliphatic carbocycles. The number of hydrogen-bond acceptors (Lipinski definition) is 2. The lowest BCUT2D eigenvalue weighted by Crippen LogP contribution is -2.30. The van der Waals surface area contributed by atoms with Crippen molar-refractivity contribution >= 4 is 29.0 Å². The Bertz CT molecular complexity index is 379. The van der Waals surface area contributed by atoms with Crippen LogP contribution in [0.25, 0.3) is 0 Å². The van der Waals surface area contributed by atoms with Crippen molar-refractivity contribution in [2.45, 2.75) is 32.2 Å². The maximum atomic E-state index is 12.0. The van der Waals surface area contributed by atoms with Crippen molar-refractivity contribution in [3.63, 3.8) is 0 Å². The Morgan fingerprint density at radius 3 is 2.75 bits per heavy atom. The molecule has 88 valence electrons. The van der Waals surface area contributed by atoms with Gasteiger partial charge in [-0.05, 0) is 24.6 Å². The lowest BCUT2D eigenvalue weighted by Gasteiger charge is -2.11. The molecule has 2 nitrogen and oxygen atoms in total. The molecule has 1 rings (SSSR count). The highest BCUT2D eigenvalue weighted by Gasteiger charge is 2.18. The average molecular weight is 260 g/mol. The van der Waals surface area contributed by atoms with Crippen molar-refractivity contribution in [1.29, 1.82) is 0 Å². The number of halogens is 2. The minimum Gasteiger partial charge on any atom is -0.321 e. The molecule has 1 atom stereocenters. The van der Waals surface area contributed by atoms with E-state index in [1.807, 2.05) is 0 Å². The van der Waals surface area contributed by atoms with Gasteiger partial charge in [-0.15, -0.1) is 0 Å². The van der Waals surface area contributed by atoms with Crippen LogP contribution in [0.3, 0.4) is 0 Å². The monoisotopic (exact) mass is 259 g/mol. The first-order chi connectivity index (χ1) is 7.56. The Kier molecular flexibility index (Phi) is 5.26. The Balaban J connectivity index is 2.83. The van der Waals surface area contributed by atoms with Gasteiger partial charge in [-0.2, -0.15) is 0 Å². The van der Waals surface area contributed by atoms with Gasteiger partial charge in [-0.1, -0.05) is 43.0 Å². The van der Waals surface area contributed by atoms with E-state index in [9.17, 15) is 4.79 Å². The highest BCUT2D eigenvalue weighted by molar-refractivity contribution is 6.36. The number of hydrogen-bond donors (Lipinski definition) is 1. The molecule has 0 fully saturated rings. The number of unbranched alkanes of at least 4 members (excludes halogenated alkanes) is 1. The minimum absolute atomic E-state index is 0.138. The van der Waals surface area contributed by atoms with Gasteiger partial charge in [0.05, 0.1) is 11.1 Å². The number of rotatable bonds is 5. The molecule has 1 aromatic rings. The molecule has 1 aromatic carbocycles. The van der Waals surface area contributed by atoms with Crippen LogP contribution < -0.4 is 5.73 Å². The molecule has 0 saturated carbocycles. The zero-order valence-electron chi connectivity index (χ0n) is 9.17. The molecule has 0 aliphatic rings. The van der Waals surface area contributed by atoms with Gasteiger partial charge in [0, 0.05) is 10.6 Å². The molecule has 0 radical (unpaired) electrons. The third-order valence-electron chi connectivity index (χ3n) is 2.40. The molecule has 0 heterocycles. The predicted octanol–water partition coefficient (Wildman–Crippen LogP) is 3.69. The summed E-state index contributed by atoms with van der Waals surface area (Å²) in [6.07, 6.45) is 2.63. The largest absolute Gasteiger partial charge is 0.321 e. The molecule has 0 spiro atoms. The summed E-state index contributed by atoms with van der Waals surface area (Å²) < 4.78 is 0. The standard InChI is InChI=1S/C12H15Cl2NO/c1-2-3-4-11(15)12(16)9-7-8(13)5-6-10(9)14/h5-7,11H,2-4,15H2,1H3. The summed E-state index contributed by atoms with van der Waals surface area (Å²) in [4.78, 5) is 12.0. The van der Waals surface area contributed by atoms with Gasteiger partial charge >= 0.3 is 0 Å². The lowest BCUT2D eigenvalue weighted by atomic mass is 10.0. The first-order valence-corrected chi connectivity index (χ1v) is 6.06. The Morgan fingerprint density at radius 1 is 1.44 bits per heavy atom. The molecule has 0 aliphatic heterocycles. The van der Waals surface area contributed by atoms with Gasteiger partial charge in [0.1, 0.15) is 0 Å². The van der Waals surface area contributed by atoms with E-state index >= 15 is 0 Å². The van der Waals surface area contributed by atoms with Gasteiger partial charge in [0.15, 0.2) is 5.78 Å². The molecule has 0 bridgehead atoms. The summed E-state index contributed by atoms with van der Waals surface area (Å²) in [6.45, 7) is 2.06. The fourth-order valence-corrected chi connectivity index (χ4v) is 1.82. The van der Waals surface area contributed by atoms with Crippen LogP contribution in [0.5, 0.6) is 0 Å². The smallest absolute Gasteiger partial charge is 0.181 e. The van der Waals surface area contributed by atoms with Crippen molar-refractivity contribution in [3.05, 3.63) is 33.8 Å².